The van der Waals surface area contributed by atoms with Gasteiger partial charge in [0.25, 0.3) is 0 Å². The molecule has 2 heterocycles. The smallest absolute Gasteiger partial charge is 0.222 e. The molecule has 0 radical (unpaired) electrons. The molecule has 0 aromatic carbocycles. The van der Waals surface area contributed by atoms with Gasteiger partial charge in [-0.1, -0.05) is 6.92 Å². The van der Waals surface area contributed by atoms with E-state index < -0.39 is 0 Å². The number of ether oxygens (including phenoxy) is 1. The predicted octanol–water partition coefficient (Wildman–Crippen LogP) is 3.22. The summed E-state index contributed by atoms with van der Waals surface area (Å²) in [4.78, 5) is 18.9. The van der Waals surface area contributed by atoms with Gasteiger partial charge in [-0.05, 0) is 51.6 Å². The van der Waals surface area contributed by atoms with Crippen LogP contribution in [-0.4, -0.2) is 42.5 Å². The Balaban J connectivity index is 1.82. The zero-order valence-electron chi connectivity index (χ0n) is 15.4. The Morgan fingerprint density at radius 1 is 1.46 bits per heavy atom. The number of nitrogens with one attached hydrogen (secondary N) is 1. The van der Waals surface area contributed by atoms with Crippen LogP contribution in [0.15, 0.2) is 5.38 Å². The van der Waals surface area contributed by atoms with E-state index in [1.165, 1.54) is 12.8 Å². The second kappa shape index (κ2) is 9.49. The normalized spacial score (nSPS) is 18.3. The van der Waals surface area contributed by atoms with Gasteiger partial charge in [-0.15, -0.1) is 11.3 Å². The molecule has 2 rings (SSSR count). The molecular formula is C18H31N3O2S. The highest BCUT2D eigenvalue weighted by atomic mass is 32.1. The first-order valence-corrected chi connectivity index (χ1v) is 9.89. The molecule has 2 unspecified atom stereocenters. The minimum atomic E-state index is 0.0229. The van der Waals surface area contributed by atoms with E-state index in [1.54, 1.807) is 11.3 Å². The van der Waals surface area contributed by atoms with E-state index in [9.17, 15) is 4.79 Å². The number of thiazole rings is 1. The third-order valence-electron chi connectivity index (χ3n) is 4.84. The predicted molar refractivity (Wildman–Crippen MR) is 98.0 cm³/mol. The number of amides is 1. The molecule has 2 atom stereocenters. The summed E-state index contributed by atoms with van der Waals surface area (Å²) < 4.78 is 5.58. The van der Waals surface area contributed by atoms with Crippen LogP contribution in [0.4, 0.5) is 0 Å². The average molecular weight is 354 g/mol. The molecule has 1 aromatic rings. The maximum Gasteiger partial charge on any atom is 0.222 e. The molecule has 1 fully saturated rings. The summed E-state index contributed by atoms with van der Waals surface area (Å²) in [6.45, 7) is 9.64. The van der Waals surface area contributed by atoms with E-state index >= 15 is 0 Å². The summed E-state index contributed by atoms with van der Waals surface area (Å²) in [5, 5.41) is 6.40. The van der Waals surface area contributed by atoms with Gasteiger partial charge in [-0.2, -0.15) is 0 Å². The van der Waals surface area contributed by atoms with Crippen LogP contribution in [-0.2, 0) is 16.1 Å². The molecule has 1 aliphatic heterocycles. The van der Waals surface area contributed by atoms with Crippen LogP contribution in [0.2, 0.25) is 0 Å². The number of piperidine rings is 1. The Kier molecular flexibility index (Phi) is 7.65. The van der Waals surface area contributed by atoms with Crippen molar-refractivity contribution in [2.75, 3.05) is 26.7 Å². The Morgan fingerprint density at radius 2 is 2.17 bits per heavy atom. The monoisotopic (exact) mass is 353 g/mol. The van der Waals surface area contributed by atoms with E-state index in [-0.39, 0.29) is 12.0 Å². The maximum absolute atomic E-state index is 12.5. The summed E-state index contributed by atoms with van der Waals surface area (Å²) in [5.74, 6) is 1.33. The second-order valence-corrected chi connectivity index (χ2v) is 7.68. The van der Waals surface area contributed by atoms with Gasteiger partial charge in [-0.25, -0.2) is 4.98 Å². The molecule has 1 N–H and O–H groups in total. The Hall–Kier alpha value is -0.980. The van der Waals surface area contributed by atoms with Crippen molar-refractivity contribution in [3.63, 3.8) is 0 Å². The molecule has 5 nitrogen and oxygen atoms in total. The van der Waals surface area contributed by atoms with Crippen LogP contribution in [0.5, 0.6) is 0 Å². The molecule has 1 saturated heterocycles. The molecule has 24 heavy (non-hydrogen) atoms. The van der Waals surface area contributed by atoms with Crippen molar-refractivity contribution < 1.29 is 9.53 Å². The second-order valence-electron chi connectivity index (χ2n) is 6.79. The van der Waals surface area contributed by atoms with Gasteiger partial charge >= 0.3 is 0 Å². The van der Waals surface area contributed by atoms with E-state index in [1.807, 2.05) is 31.2 Å². The van der Waals surface area contributed by atoms with Crippen LogP contribution in [0.25, 0.3) is 0 Å². The molecule has 1 amide bonds. The highest BCUT2D eigenvalue weighted by molar-refractivity contribution is 7.09. The van der Waals surface area contributed by atoms with E-state index in [0.29, 0.717) is 31.4 Å². The molecule has 0 spiro atoms. The first-order chi connectivity index (χ1) is 11.5. The number of aromatic nitrogens is 1. The highest BCUT2D eigenvalue weighted by Gasteiger charge is 2.23. The number of rotatable bonds is 8. The van der Waals surface area contributed by atoms with Crippen molar-refractivity contribution in [1.82, 2.24) is 15.2 Å². The van der Waals surface area contributed by atoms with Crippen molar-refractivity contribution in [1.29, 1.82) is 0 Å². The van der Waals surface area contributed by atoms with Crippen LogP contribution in [0.3, 0.4) is 0 Å². The molecule has 6 heteroatoms. The van der Waals surface area contributed by atoms with E-state index in [4.69, 9.17) is 4.74 Å². The van der Waals surface area contributed by atoms with Gasteiger partial charge < -0.3 is 15.0 Å². The number of hydrogen-bond acceptors (Lipinski definition) is 5. The lowest BCUT2D eigenvalue weighted by Crippen LogP contribution is -2.34. The fraction of sp³-hybridized carbons (Fsp3) is 0.778. The number of hydrogen-bond donors (Lipinski definition) is 1. The molecule has 0 aliphatic carbocycles. The zero-order chi connectivity index (χ0) is 17.5. The minimum absolute atomic E-state index is 0.0229. The number of carbonyl (C=O) groups is 1. The fourth-order valence-electron chi connectivity index (χ4n) is 3.25. The van der Waals surface area contributed by atoms with Crippen molar-refractivity contribution in [3.8, 4) is 0 Å². The van der Waals surface area contributed by atoms with Gasteiger partial charge in [0.15, 0.2) is 0 Å². The molecule has 1 aliphatic rings. The summed E-state index contributed by atoms with van der Waals surface area (Å²) in [5.41, 5.74) is 0.951. The van der Waals surface area contributed by atoms with Gasteiger partial charge in [0, 0.05) is 25.5 Å². The lowest BCUT2D eigenvalue weighted by atomic mass is 9.84. The van der Waals surface area contributed by atoms with Crippen LogP contribution >= 0.6 is 11.3 Å². The first kappa shape index (κ1) is 19.3. The highest BCUT2D eigenvalue weighted by Crippen LogP contribution is 2.25. The van der Waals surface area contributed by atoms with Gasteiger partial charge in [0.05, 0.1) is 12.2 Å². The Morgan fingerprint density at radius 3 is 2.83 bits per heavy atom. The lowest BCUT2D eigenvalue weighted by molar-refractivity contribution is -0.131. The molecule has 1 aromatic heterocycles. The zero-order valence-corrected chi connectivity index (χ0v) is 16.2. The number of nitrogens with zero attached hydrogens (tertiary/aromatic N) is 2. The van der Waals surface area contributed by atoms with Crippen molar-refractivity contribution >= 4 is 17.2 Å². The lowest BCUT2D eigenvalue weighted by Gasteiger charge is -2.29. The van der Waals surface area contributed by atoms with Crippen molar-refractivity contribution in [2.24, 2.45) is 11.8 Å². The van der Waals surface area contributed by atoms with E-state index in [0.717, 1.165) is 23.8 Å². The third kappa shape index (κ3) is 5.53. The van der Waals surface area contributed by atoms with Crippen LogP contribution in [0.1, 0.15) is 56.8 Å². The summed E-state index contributed by atoms with van der Waals surface area (Å²) in [7, 11) is 1.88. The fourth-order valence-corrected chi connectivity index (χ4v) is 4.06. The first-order valence-electron chi connectivity index (χ1n) is 9.01. The SMILES string of the molecule is CCOC(C)c1nc(CN(C)C(=O)CC(C)C2CCNCC2)cs1. The van der Waals surface area contributed by atoms with Crippen molar-refractivity contribution in [2.45, 2.75) is 52.7 Å². The molecule has 0 saturated carbocycles. The average Bonchev–Trinajstić information content (AvgIpc) is 3.04. The minimum Gasteiger partial charge on any atom is -0.372 e. The van der Waals surface area contributed by atoms with E-state index in [2.05, 4.69) is 17.2 Å². The largest absolute Gasteiger partial charge is 0.372 e. The summed E-state index contributed by atoms with van der Waals surface area (Å²) >= 11 is 1.61. The maximum atomic E-state index is 12.5. The molecular weight excluding hydrogens is 322 g/mol. The van der Waals surface area contributed by atoms with Gasteiger partial charge in [0.2, 0.25) is 5.91 Å². The third-order valence-corrected chi connectivity index (χ3v) is 5.90. The van der Waals surface area contributed by atoms with Gasteiger partial charge in [0.1, 0.15) is 11.1 Å². The summed E-state index contributed by atoms with van der Waals surface area (Å²) in [6, 6.07) is 0. The van der Waals surface area contributed by atoms with Gasteiger partial charge in [-0.3, -0.25) is 4.79 Å². The Labute approximate surface area is 149 Å². The number of carbonyl (C=O) groups excluding carboxylic acids is 1. The Bertz CT molecular complexity index is 514. The van der Waals surface area contributed by atoms with Crippen molar-refractivity contribution in [3.05, 3.63) is 16.1 Å². The summed E-state index contributed by atoms with van der Waals surface area (Å²) in [6.07, 6.45) is 3.02. The van der Waals surface area contributed by atoms with Crippen LogP contribution < -0.4 is 5.32 Å². The molecule has 0 bridgehead atoms. The topological polar surface area (TPSA) is 54.5 Å². The quantitative estimate of drug-likeness (QED) is 0.780. The van der Waals surface area contributed by atoms with Crippen LogP contribution in [0, 0.1) is 11.8 Å². The standard InChI is InChI=1S/C18H31N3O2S/c1-5-23-14(3)18-20-16(12-24-18)11-21(4)17(22)10-13(2)15-6-8-19-9-7-15/h12-15,19H,5-11H2,1-4H3. The molecule has 136 valence electrons.